The van der Waals surface area contributed by atoms with Crippen molar-refractivity contribution in [1.29, 1.82) is 0 Å². The van der Waals surface area contributed by atoms with Crippen LogP contribution in [0.4, 0.5) is 0 Å². The summed E-state index contributed by atoms with van der Waals surface area (Å²) in [7, 11) is 1.99. The molecule has 1 amide bonds. The summed E-state index contributed by atoms with van der Waals surface area (Å²) in [4.78, 5) is 15.7. The lowest BCUT2D eigenvalue weighted by Gasteiger charge is -2.33. The van der Waals surface area contributed by atoms with E-state index in [4.69, 9.17) is 11.6 Å². The molecule has 3 nitrogen and oxygen atoms in total. The van der Waals surface area contributed by atoms with E-state index in [0.717, 1.165) is 48.3 Å². The fraction of sp³-hybridized carbons (Fsp3) is 0.588. The molecule has 2 rings (SSSR count). The fourth-order valence-corrected chi connectivity index (χ4v) is 3.89. The number of nitrogens with one attached hydrogen (secondary N) is 1. The normalized spacial score (nSPS) is 16.7. The molecule has 1 heterocycles. The van der Waals surface area contributed by atoms with Crippen molar-refractivity contribution in [3.05, 3.63) is 29.3 Å². The third kappa shape index (κ3) is 6.54. The first-order valence-corrected chi connectivity index (χ1v) is 9.21. The largest absolute Gasteiger partial charge is 0.342 e. The Labute approximate surface area is 154 Å². The molecule has 130 valence electrons. The highest BCUT2D eigenvalue weighted by Gasteiger charge is 2.26. The standard InChI is InChI=1S/C17H25ClN2OS.ClH/c1-13(22-16-5-3-15(18)4-6-16)17(21)20-11-8-14(9-12-20)7-10-19-2;/h3-6,13-14,19H,7-12H2,1-2H3;1H. The molecule has 1 aromatic rings. The zero-order valence-electron chi connectivity index (χ0n) is 13.8. The molecular weight excluding hydrogens is 351 g/mol. The lowest BCUT2D eigenvalue weighted by Crippen LogP contribution is -2.42. The molecule has 0 spiro atoms. The lowest BCUT2D eigenvalue weighted by molar-refractivity contribution is -0.131. The number of halogens is 2. The van der Waals surface area contributed by atoms with Gasteiger partial charge in [0.1, 0.15) is 0 Å². The Hall–Kier alpha value is -0.420. The number of hydrogen-bond donors (Lipinski definition) is 1. The minimum absolute atomic E-state index is 0. The molecule has 23 heavy (non-hydrogen) atoms. The predicted molar refractivity (Wildman–Crippen MR) is 102 cm³/mol. The Morgan fingerprint density at radius 1 is 1.35 bits per heavy atom. The maximum absolute atomic E-state index is 12.6. The monoisotopic (exact) mass is 376 g/mol. The number of hydrogen-bond acceptors (Lipinski definition) is 3. The van der Waals surface area contributed by atoms with Gasteiger partial charge in [0, 0.05) is 23.0 Å². The van der Waals surface area contributed by atoms with E-state index < -0.39 is 0 Å². The maximum atomic E-state index is 12.6. The Morgan fingerprint density at radius 2 is 1.96 bits per heavy atom. The first kappa shape index (κ1) is 20.6. The van der Waals surface area contributed by atoms with Crippen molar-refractivity contribution in [2.24, 2.45) is 5.92 Å². The second-order valence-corrected chi connectivity index (χ2v) is 7.73. The second kappa shape index (κ2) is 10.4. The van der Waals surface area contributed by atoms with Crippen LogP contribution in [0, 0.1) is 5.92 Å². The first-order valence-electron chi connectivity index (χ1n) is 7.95. The number of likely N-dealkylation sites (tertiary alicyclic amines) is 1. The summed E-state index contributed by atoms with van der Waals surface area (Å²) in [6.45, 7) is 4.87. The highest BCUT2D eigenvalue weighted by Crippen LogP contribution is 2.27. The number of nitrogens with zero attached hydrogens (tertiary/aromatic N) is 1. The van der Waals surface area contributed by atoms with Crippen molar-refractivity contribution in [1.82, 2.24) is 10.2 Å². The van der Waals surface area contributed by atoms with Gasteiger partial charge in [0.25, 0.3) is 0 Å². The van der Waals surface area contributed by atoms with Gasteiger partial charge in [-0.3, -0.25) is 4.79 Å². The van der Waals surface area contributed by atoms with E-state index in [-0.39, 0.29) is 23.6 Å². The Morgan fingerprint density at radius 3 is 2.52 bits per heavy atom. The van der Waals surface area contributed by atoms with Crippen molar-refractivity contribution in [2.45, 2.75) is 36.3 Å². The van der Waals surface area contributed by atoms with Crippen molar-refractivity contribution in [3.8, 4) is 0 Å². The summed E-state index contributed by atoms with van der Waals surface area (Å²) in [6, 6.07) is 7.68. The zero-order chi connectivity index (χ0) is 15.9. The van der Waals surface area contributed by atoms with Gasteiger partial charge in [-0.1, -0.05) is 11.6 Å². The molecule has 1 aromatic carbocycles. The van der Waals surface area contributed by atoms with Crippen molar-refractivity contribution >= 4 is 41.7 Å². The van der Waals surface area contributed by atoms with E-state index in [1.807, 2.05) is 43.1 Å². The zero-order valence-corrected chi connectivity index (χ0v) is 16.1. The van der Waals surface area contributed by atoms with Gasteiger partial charge in [0.2, 0.25) is 5.91 Å². The summed E-state index contributed by atoms with van der Waals surface area (Å²) >= 11 is 7.50. The molecule has 0 saturated carbocycles. The van der Waals surface area contributed by atoms with E-state index >= 15 is 0 Å². The van der Waals surface area contributed by atoms with Gasteiger partial charge in [-0.25, -0.2) is 0 Å². The van der Waals surface area contributed by atoms with Gasteiger partial charge in [-0.15, -0.1) is 24.2 Å². The first-order chi connectivity index (χ1) is 10.6. The van der Waals surface area contributed by atoms with Crippen LogP contribution in [0.3, 0.4) is 0 Å². The topological polar surface area (TPSA) is 32.3 Å². The summed E-state index contributed by atoms with van der Waals surface area (Å²) < 4.78 is 0. The number of benzene rings is 1. The van der Waals surface area contributed by atoms with Gasteiger partial charge >= 0.3 is 0 Å². The molecule has 1 unspecified atom stereocenters. The van der Waals surface area contributed by atoms with E-state index in [1.54, 1.807) is 11.8 Å². The third-order valence-corrected chi connectivity index (χ3v) is 5.55. The van der Waals surface area contributed by atoms with Crippen LogP contribution in [-0.4, -0.2) is 42.7 Å². The molecule has 1 atom stereocenters. The SMILES string of the molecule is CNCCC1CCN(C(=O)C(C)Sc2ccc(Cl)cc2)CC1.Cl. The molecule has 1 N–H and O–H groups in total. The number of carbonyl (C=O) groups is 1. The van der Waals surface area contributed by atoms with Gasteiger partial charge in [-0.05, 0) is 70.0 Å². The van der Waals surface area contributed by atoms with Crippen LogP contribution in [0.1, 0.15) is 26.2 Å². The lowest BCUT2D eigenvalue weighted by atomic mass is 9.93. The molecule has 6 heteroatoms. The van der Waals surface area contributed by atoms with Crippen LogP contribution in [0.5, 0.6) is 0 Å². The van der Waals surface area contributed by atoms with Crippen LogP contribution in [-0.2, 0) is 4.79 Å². The van der Waals surface area contributed by atoms with Crippen molar-refractivity contribution in [2.75, 3.05) is 26.7 Å². The molecular formula is C17H26Cl2N2OS. The number of rotatable bonds is 6. The minimum Gasteiger partial charge on any atom is -0.342 e. The number of piperidine rings is 1. The summed E-state index contributed by atoms with van der Waals surface area (Å²) in [6.07, 6.45) is 3.48. The minimum atomic E-state index is -0.0463. The quantitative estimate of drug-likeness (QED) is 0.758. The Bertz CT molecular complexity index is 476. The maximum Gasteiger partial charge on any atom is 0.235 e. The highest BCUT2D eigenvalue weighted by atomic mass is 35.5. The van der Waals surface area contributed by atoms with Crippen molar-refractivity contribution in [3.63, 3.8) is 0 Å². The van der Waals surface area contributed by atoms with Crippen LogP contribution in [0.2, 0.25) is 5.02 Å². The number of amides is 1. The highest BCUT2D eigenvalue weighted by molar-refractivity contribution is 8.00. The van der Waals surface area contributed by atoms with Crippen LogP contribution < -0.4 is 5.32 Å². The molecule has 1 saturated heterocycles. The van der Waals surface area contributed by atoms with E-state index in [1.165, 1.54) is 6.42 Å². The summed E-state index contributed by atoms with van der Waals surface area (Å²) in [5, 5.41) is 3.89. The molecule has 0 aliphatic carbocycles. The Balaban J connectivity index is 0.00000264. The summed E-state index contributed by atoms with van der Waals surface area (Å²) in [5.41, 5.74) is 0. The van der Waals surface area contributed by atoms with Crippen LogP contribution >= 0.6 is 35.8 Å². The third-order valence-electron chi connectivity index (χ3n) is 4.20. The molecule has 1 fully saturated rings. The molecule has 0 radical (unpaired) electrons. The number of carbonyl (C=O) groups excluding carboxylic acids is 1. The van der Waals surface area contributed by atoms with E-state index in [0.29, 0.717) is 0 Å². The van der Waals surface area contributed by atoms with Crippen molar-refractivity contribution < 1.29 is 4.79 Å². The van der Waals surface area contributed by atoms with Gasteiger partial charge < -0.3 is 10.2 Å². The average Bonchev–Trinajstić information content (AvgIpc) is 2.55. The average molecular weight is 377 g/mol. The smallest absolute Gasteiger partial charge is 0.235 e. The molecule has 0 bridgehead atoms. The van der Waals surface area contributed by atoms with Crippen LogP contribution in [0.15, 0.2) is 29.2 Å². The van der Waals surface area contributed by atoms with Gasteiger partial charge in [0.15, 0.2) is 0 Å². The van der Waals surface area contributed by atoms with Gasteiger partial charge in [-0.2, -0.15) is 0 Å². The molecule has 1 aliphatic rings. The second-order valence-electron chi connectivity index (χ2n) is 5.87. The molecule has 0 aromatic heterocycles. The van der Waals surface area contributed by atoms with E-state index in [2.05, 4.69) is 5.32 Å². The van der Waals surface area contributed by atoms with E-state index in [9.17, 15) is 4.79 Å². The van der Waals surface area contributed by atoms with Crippen LogP contribution in [0.25, 0.3) is 0 Å². The summed E-state index contributed by atoms with van der Waals surface area (Å²) in [5.74, 6) is 1.02. The van der Waals surface area contributed by atoms with Gasteiger partial charge in [0.05, 0.1) is 5.25 Å². The molecule has 1 aliphatic heterocycles. The Kier molecular flexibility index (Phi) is 9.37. The predicted octanol–water partition coefficient (Wildman–Crippen LogP) is 4.09. The fourth-order valence-electron chi connectivity index (χ4n) is 2.82. The number of thioether (sulfide) groups is 1.